The molecule has 0 radical (unpaired) electrons. The van der Waals surface area contributed by atoms with E-state index in [0.717, 1.165) is 15.6 Å². The van der Waals surface area contributed by atoms with Crippen LogP contribution in [-0.4, -0.2) is 31.7 Å². The molecule has 0 aliphatic carbocycles. The van der Waals surface area contributed by atoms with Crippen molar-refractivity contribution in [3.05, 3.63) is 69.5 Å². The number of hydrogen-bond donors (Lipinski definition) is 1. The number of amides is 1. The largest absolute Gasteiger partial charge is 0.490 e. The molecule has 8 heteroatoms. The van der Waals surface area contributed by atoms with E-state index < -0.39 is 5.97 Å². The van der Waals surface area contributed by atoms with Crippen LogP contribution in [0.5, 0.6) is 11.5 Å². The summed E-state index contributed by atoms with van der Waals surface area (Å²) in [4.78, 5) is 25.4. The van der Waals surface area contributed by atoms with E-state index in [9.17, 15) is 9.59 Å². The Labute approximate surface area is 211 Å². The molecule has 1 heterocycles. The van der Waals surface area contributed by atoms with E-state index in [1.165, 1.54) is 17.4 Å². The summed E-state index contributed by atoms with van der Waals surface area (Å²) in [6.07, 6.45) is 3.10. The molecule has 0 unspecified atom stereocenters. The quantitative estimate of drug-likeness (QED) is 0.224. The van der Waals surface area contributed by atoms with Gasteiger partial charge in [-0.15, -0.1) is 11.3 Å². The van der Waals surface area contributed by atoms with Gasteiger partial charge in [-0.05, 0) is 62.2 Å². The molecule has 6 nitrogen and oxygen atoms in total. The lowest BCUT2D eigenvalue weighted by atomic mass is 10.0. The number of halogens is 1. The summed E-state index contributed by atoms with van der Waals surface area (Å²) in [7, 11) is 0. The fraction of sp³-hybridized carbons (Fsp3) is 0.231. The molecule has 0 aliphatic rings. The molecule has 0 aliphatic heterocycles. The van der Waals surface area contributed by atoms with Crippen molar-refractivity contribution in [3.8, 4) is 22.6 Å². The molecule has 0 spiro atoms. The fourth-order valence-corrected chi connectivity index (χ4v) is 4.42. The topological polar surface area (TPSA) is 73.9 Å². The Kier molecular flexibility index (Phi) is 9.30. The Hall–Kier alpha value is -3.10. The van der Waals surface area contributed by atoms with Gasteiger partial charge in [-0.2, -0.15) is 0 Å². The van der Waals surface area contributed by atoms with Gasteiger partial charge in [-0.3, -0.25) is 4.79 Å². The van der Waals surface area contributed by atoms with Crippen LogP contribution in [0.2, 0.25) is 0 Å². The average molecular weight is 544 g/mol. The summed E-state index contributed by atoms with van der Waals surface area (Å²) in [5.74, 6) is 0.438. The number of carbonyl (C=O) groups excluding carboxylic acids is 2. The van der Waals surface area contributed by atoms with Gasteiger partial charge in [0.25, 0.3) is 0 Å². The predicted molar refractivity (Wildman–Crippen MR) is 140 cm³/mol. The highest BCUT2D eigenvalue weighted by molar-refractivity contribution is 9.10. The van der Waals surface area contributed by atoms with Crippen molar-refractivity contribution in [2.24, 2.45) is 0 Å². The molecular weight excluding hydrogens is 518 g/mol. The Bertz CT molecular complexity index is 1170. The fourth-order valence-electron chi connectivity index (χ4n) is 3.19. The third kappa shape index (κ3) is 6.48. The smallest absolute Gasteiger partial charge is 0.341 e. The Morgan fingerprint density at radius 1 is 0.971 bits per heavy atom. The van der Waals surface area contributed by atoms with Gasteiger partial charge < -0.3 is 19.5 Å². The van der Waals surface area contributed by atoms with E-state index in [4.69, 9.17) is 14.2 Å². The first-order valence-electron chi connectivity index (χ1n) is 10.9. The zero-order chi connectivity index (χ0) is 24.5. The first-order valence-corrected chi connectivity index (χ1v) is 12.6. The van der Waals surface area contributed by atoms with E-state index >= 15 is 0 Å². The first-order chi connectivity index (χ1) is 16.5. The normalized spacial score (nSPS) is 10.8. The Morgan fingerprint density at radius 3 is 2.35 bits per heavy atom. The molecule has 3 aromatic rings. The van der Waals surface area contributed by atoms with E-state index in [0.29, 0.717) is 40.8 Å². The first kappa shape index (κ1) is 25.5. The molecule has 2 aromatic carbocycles. The summed E-state index contributed by atoms with van der Waals surface area (Å²) in [5.41, 5.74) is 2.70. The van der Waals surface area contributed by atoms with E-state index in [1.807, 2.05) is 61.7 Å². The highest BCUT2D eigenvalue weighted by Gasteiger charge is 2.22. The number of hydrogen-bond acceptors (Lipinski definition) is 6. The summed E-state index contributed by atoms with van der Waals surface area (Å²) in [6, 6.07) is 13.1. The third-order valence-corrected chi connectivity index (χ3v) is 6.08. The number of rotatable bonds is 10. The van der Waals surface area contributed by atoms with Gasteiger partial charge in [-0.1, -0.05) is 34.1 Å². The van der Waals surface area contributed by atoms with Crippen LogP contribution < -0.4 is 14.8 Å². The Balaban J connectivity index is 1.83. The number of anilines is 1. The molecule has 0 atom stereocenters. The molecule has 0 saturated carbocycles. The van der Waals surface area contributed by atoms with Crippen molar-refractivity contribution in [1.82, 2.24) is 0 Å². The summed E-state index contributed by atoms with van der Waals surface area (Å²) < 4.78 is 17.4. The Morgan fingerprint density at radius 2 is 1.68 bits per heavy atom. The number of ether oxygens (including phenoxy) is 3. The predicted octanol–water partition coefficient (Wildman–Crippen LogP) is 6.80. The summed E-state index contributed by atoms with van der Waals surface area (Å²) in [5, 5.41) is 5.10. The van der Waals surface area contributed by atoms with Gasteiger partial charge in [0.1, 0.15) is 10.6 Å². The minimum atomic E-state index is -0.478. The van der Waals surface area contributed by atoms with Gasteiger partial charge in [0.2, 0.25) is 5.91 Å². The van der Waals surface area contributed by atoms with Crippen LogP contribution in [0, 0.1) is 0 Å². The second-order valence-electron chi connectivity index (χ2n) is 6.98. The number of benzene rings is 2. The lowest BCUT2D eigenvalue weighted by Crippen LogP contribution is -2.12. The molecule has 1 aromatic heterocycles. The highest BCUT2D eigenvalue weighted by atomic mass is 79.9. The average Bonchev–Trinajstić information content (AvgIpc) is 3.23. The number of thiophene rings is 1. The van der Waals surface area contributed by atoms with Crippen LogP contribution in [0.15, 0.2) is 58.4 Å². The van der Waals surface area contributed by atoms with Crippen LogP contribution in [0.25, 0.3) is 17.2 Å². The van der Waals surface area contributed by atoms with E-state index in [-0.39, 0.29) is 12.5 Å². The van der Waals surface area contributed by atoms with Crippen molar-refractivity contribution >= 4 is 50.2 Å². The van der Waals surface area contributed by atoms with Crippen molar-refractivity contribution in [1.29, 1.82) is 0 Å². The second kappa shape index (κ2) is 12.4. The van der Waals surface area contributed by atoms with Crippen LogP contribution in [0.1, 0.15) is 36.7 Å². The summed E-state index contributed by atoms with van der Waals surface area (Å²) >= 11 is 4.70. The zero-order valence-corrected chi connectivity index (χ0v) is 21.6. The maximum Gasteiger partial charge on any atom is 0.341 e. The molecule has 3 rings (SSSR count). The molecule has 1 amide bonds. The number of esters is 1. The van der Waals surface area contributed by atoms with Gasteiger partial charge in [0.05, 0.1) is 19.8 Å². The van der Waals surface area contributed by atoms with Crippen LogP contribution in [-0.2, 0) is 9.53 Å². The molecule has 34 heavy (non-hydrogen) atoms. The van der Waals surface area contributed by atoms with Crippen LogP contribution in [0.4, 0.5) is 5.00 Å². The van der Waals surface area contributed by atoms with Gasteiger partial charge >= 0.3 is 5.97 Å². The van der Waals surface area contributed by atoms with Crippen LogP contribution in [0.3, 0.4) is 0 Å². The second-order valence-corrected chi connectivity index (χ2v) is 8.77. The van der Waals surface area contributed by atoms with Crippen LogP contribution >= 0.6 is 27.3 Å². The lowest BCUT2D eigenvalue weighted by molar-refractivity contribution is -0.111. The third-order valence-electron chi connectivity index (χ3n) is 4.66. The molecule has 178 valence electrons. The van der Waals surface area contributed by atoms with Gasteiger partial charge in [0.15, 0.2) is 11.5 Å². The van der Waals surface area contributed by atoms with E-state index in [1.54, 1.807) is 13.0 Å². The van der Waals surface area contributed by atoms with Gasteiger partial charge in [0, 0.05) is 21.5 Å². The monoisotopic (exact) mass is 543 g/mol. The standard InChI is InChI=1S/C26H26BrNO5S/c1-4-31-21-13-7-17(15-22(21)32-5-2)8-14-23(29)28-25-24(26(30)33-6-3)20(16-34-25)18-9-11-19(27)12-10-18/h7-16H,4-6H2,1-3H3,(H,28,29)/b14-8+. The highest BCUT2D eigenvalue weighted by Crippen LogP contribution is 2.37. The maximum atomic E-state index is 12.7. The minimum Gasteiger partial charge on any atom is -0.490 e. The van der Waals surface area contributed by atoms with Crippen molar-refractivity contribution in [3.63, 3.8) is 0 Å². The number of nitrogens with one attached hydrogen (secondary N) is 1. The maximum absolute atomic E-state index is 12.7. The SMILES string of the molecule is CCOC(=O)c1c(-c2ccc(Br)cc2)csc1NC(=O)/C=C/c1ccc(OCC)c(OCC)c1. The molecule has 0 saturated heterocycles. The van der Waals surface area contributed by atoms with E-state index in [2.05, 4.69) is 21.2 Å². The lowest BCUT2D eigenvalue weighted by Gasteiger charge is -2.11. The zero-order valence-electron chi connectivity index (χ0n) is 19.2. The minimum absolute atomic E-state index is 0.238. The molecule has 0 fully saturated rings. The molecule has 1 N–H and O–H groups in total. The van der Waals surface area contributed by atoms with Crippen molar-refractivity contribution in [2.75, 3.05) is 25.1 Å². The van der Waals surface area contributed by atoms with Crippen molar-refractivity contribution in [2.45, 2.75) is 20.8 Å². The molecular formula is C26H26BrNO5S. The van der Waals surface area contributed by atoms with Crippen molar-refractivity contribution < 1.29 is 23.8 Å². The van der Waals surface area contributed by atoms with Gasteiger partial charge in [-0.25, -0.2) is 4.79 Å². The number of carbonyl (C=O) groups is 2. The summed E-state index contributed by atoms with van der Waals surface area (Å²) in [6.45, 7) is 6.83. The molecule has 0 bridgehead atoms.